The smallest absolute Gasteiger partial charge is 0.262 e. The molecule has 6 nitrogen and oxygen atoms in total. The highest BCUT2D eigenvalue weighted by molar-refractivity contribution is 6.00. The van der Waals surface area contributed by atoms with Crippen LogP contribution in [0, 0.1) is 0 Å². The first-order valence-electron chi connectivity index (χ1n) is 7.16. The largest absolute Gasteiger partial charge is 0.482 e. The maximum Gasteiger partial charge on any atom is 0.262 e. The van der Waals surface area contributed by atoms with E-state index in [4.69, 9.17) is 4.74 Å². The Morgan fingerprint density at radius 3 is 2.77 bits per heavy atom. The second-order valence-corrected chi connectivity index (χ2v) is 5.81. The molecule has 7 heteroatoms. The number of carbonyl (C=O) groups is 2. The van der Waals surface area contributed by atoms with Crippen LogP contribution in [0.1, 0.15) is 30.1 Å². The van der Waals surface area contributed by atoms with Crippen LogP contribution in [0.15, 0.2) is 18.2 Å². The molecular weight excluding hydrogens is 306 g/mol. The highest BCUT2D eigenvalue weighted by Gasteiger charge is 2.29. The van der Waals surface area contributed by atoms with Crippen molar-refractivity contribution in [2.45, 2.75) is 25.3 Å². The predicted molar refractivity (Wildman–Crippen MR) is 85.8 cm³/mol. The molecule has 120 valence electrons. The summed E-state index contributed by atoms with van der Waals surface area (Å²) in [6.07, 6.45) is 1.81. The maximum atomic E-state index is 12.4. The number of anilines is 1. The van der Waals surface area contributed by atoms with Gasteiger partial charge in [-0.25, -0.2) is 0 Å². The van der Waals surface area contributed by atoms with E-state index in [2.05, 4.69) is 22.9 Å². The summed E-state index contributed by atoms with van der Waals surface area (Å²) in [5.74, 6) is 0.270. The molecule has 0 saturated carbocycles. The second kappa shape index (κ2) is 6.54. The molecule has 2 aliphatic rings. The van der Waals surface area contributed by atoms with Crippen molar-refractivity contribution in [1.82, 2.24) is 10.6 Å². The number of ether oxygens (including phenoxy) is 1. The van der Waals surface area contributed by atoms with Crippen molar-refractivity contribution in [3.05, 3.63) is 23.8 Å². The Bertz CT molecular complexity index is 585. The number of hydrogen-bond acceptors (Lipinski definition) is 4. The number of amides is 2. The third-order valence-corrected chi connectivity index (χ3v) is 4.00. The number of carbonyl (C=O) groups excluding carboxylic acids is 2. The Hall–Kier alpha value is -1.79. The fourth-order valence-corrected chi connectivity index (χ4v) is 2.67. The van der Waals surface area contributed by atoms with Crippen molar-refractivity contribution < 1.29 is 14.3 Å². The second-order valence-electron chi connectivity index (χ2n) is 5.81. The lowest BCUT2D eigenvalue weighted by molar-refractivity contribution is -0.118. The Kier molecular flexibility index (Phi) is 4.93. The molecule has 2 amide bonds. The molecule has 2 heterocycles. The molecule has 2 aliphatic heterocycles. The van der Waals surface area contributed by atoms with E-state index in [1.54, 1.807) is 18.2 Å². The Balaban J connectivity index is 0.00000176. The monoisotopic (exact) mass is 325 g/mol. The van der Waals surface area contributed by atoms with E-state index in [0.717, 1.165) is 25.9 Å². The fourth-order valence-electron chi connectivity index (χ4n) is 2.67. The Morgan fingerprint density at radius 2 is 2.05 bits per heavy atom. The molecule has 1 aromatic carbocycles. The highest BCUT2D eigenvalue weighted by atomic mass is 35.5. The molecule has 22 heavy (non-hydrogen) atoms. The van der Waals surface area contributed by atoms with Gasteiger partial charge in [0, 0.05) is 11.1 Å². The number of rotatable bonds is 2. The number of piperidine rings is 1. The van der Waals surface area contributed by atoms with Crippen molar-refractivity contribution in [3.63, 3.8) is 0 Å². The molecule has 3 N–H and O–H groups in total. The summed E-state index contributed by atoms with van der Waals surface area (Å²) in [6.45, 7) is 3.90. The lowest BCUT2D eigenvalue weighted by atomic mass is 9.90. The van der Waals surface area contributed by atoms with E-state index in [1.807, 2.05) is 0 Å². The lowest BCUT2D eigenvalue weighted by Gasteiger charge is -2.35. The number of nitrogens with one attached hydrogen (secondary N) is 3. The van der Waals surface area contributed by atoms with Crippen LogP contribution in [0.4, 0.5) is 5.69 Å². The molecule has 0 bridgehead atoms. The van der Waals surface area contributed by atoms with Gasteiger partial charge in [-0.15, -0.1) is 12.4 Å². The zero-order valence-electron chi connectivity index (χ0n) is 12.4. The molecule has 1 fully saturated rings. The topological polar surface area (TPSA) is 79.5 Å². The van der Waals surface area contributed by atoms with Gasteiger partial charge >= 0.3 is 0 Å². The van der Waals surface area contributed by atoms with E-state index < -0.39 is 0 Å². The van der Waals surface area contributed by atoms with Crippen molar-refractivity contribution in [1.29, 1.82) is 0 Å². The van der Waals surface area contributed by atoms with Crippen LogP contribution in [0.2, 0.25) is 0 Å². The van der Waals surface area contributed by atoms with Crippen molar-refractivity contribution in [3.8, 4) is 5.75 Å². The summed E-state index contributed by atoms with van der Waals surface area (Å²) in [7, 11) is 0. The van der Waals surface area contributed by atoms with Crippen LogP contribution in [-0.2, 0) is 4.79 Å². The van der Waals surface area contributed by atoms with E-state index in [9.17, 15) is 9.59 Å². The Morgan fingerprint density at radius 1 is 1.32 bits per heavy atom. The molecule has 0 spiro atoms. The fraction of sp³-hybridized carbons (Fsp3) is 0.467. The molecule has 1 saturated heterocycles. The van der Waals surface area contributed by atoms with Gasteiger partial charge in [0.25, 0.3) is 11.8 Å². The summed E-state index contributed by atoms with van der Waals surface area (Å²) in [5, 5.41) is 9.09. The van der Waals surface area contributed by atoms with E-state index in [0.29, 0.717) is 17.0 Å². The minimum Gasteiger partial charge on any atom is -0.482 e. The van der Waals surface area contributed by atoms with Gasteiger partial charge in [-0.05, 0) is 51.1 Å². The maximum absolute atomic E-state index is 12.4. The number of fused-ring (bicyclic) bond motifs is 1. The summed E-state index contributed by atoms with van der Waals surface area (Å²) in [6, 6.07) is 5.09. The van der Waals surface area contributed by atoms with Crippen molar-refractivity contribution in [2.24, 2.45) is 0 Å². The average Bonchev–Trinajstić information content (AvgIpc) is 2.46. The van der Waals surface area contributed by atoms with Crippen molar-refractivity contribution >= 4 is 29.9 Å². The predicted octanol–water partition coefficient (Wildman–Crippen LogP) is 1.31. The van der Waals surface area contributed by atoms with Gasteiger partial charge in [-0.2, -0.15) is 0 Å². The highest BCUT2D eigenvalue weighted by Crippen LogP contribution is 2.28. The molecule has 0 atom stereocenters. The van der Waals surface area contributed by atoms with Gasteiger partial charge in [-0.3, -0.25) is 9.59 Å². The van der Waals surface area contributed by atoms with Crippen LogP contribution in [0.25, 0.3) is 0 Å². The van der Waals surface area contributed by atoms with Gasteiger partial charge in [0.2, 0.25) is 0 Å². The van der Waals surface area contributed by atoms with E-state index >= 15 is 0 Å². The summed E-state index contributed by atoms with van der Waals surface area (Å²) < 4.78 is 5.29. The first-order valence-corrected chi connectivity index (χ1v) is 7.16. The van der Waals surface area contributed by atoms with E-state index in [1.165, 1.54) is 0 Å². The molecule has 3 rings (SSSR count). The zero-order chi connectivity index (χ0) is 14.9. The van der Waals surface area contributed by atoms with Crippen LogP contribution >= 0.6 is 12.4 Å². The summed E-state index contributed by atoms with van der Waals surface area (Å²) in [4.78, 5) is 23.7. The van der Waals surface area contributed by atoms with Gasteiger partial charge in [0.15, 0.2) is 6.61 Å². The standard InChI is InChI=1S/C15H19N3O3.ClH/c1-15(4-6-16-7-5-15)18-14(20)10-2-3-12-11(8-10)17-13(19)9-21-12;/h2-3,8,16H,4-7,9H2,1H3,(H,17,19)(H,18,20);1H. The van der Waals surface area contributed by atoms with Crippen LogP contribution in [-0.4, -0.2) is 37.0 Å². The van der Waals surface area contributed by atoms with Gasteiger partial charge in [0.05, 0.1) is 5.69 Å². The first-order chi connectivity index (χ1) is 10.1. The summed E-state index contributed by atoms with van der Waals surface area (Å²) >= 11 is 0. The molecular formula is C15H20ClN3O3. The molecule has 0 aliphatic carbocycles. The average molecular weight is 326 g/mol. The molecule has 0 radical (unpaired) electrons. The van der Waals surface area contributed by atoms with Gasteiger partial charge in [-0.1, -0.05) is 0 Å². The normalized spacial score (nSPS) is 19.0. The van der Waals surface area contributed by atoms with Crippen LogP contribution in [0.5, 0.6) is 5.75 Å². The minimum atomic E-state index is -0.203. The van der Waals surface area contributed by atoms with Crippen molar-refractivity contribution in [2.75, 3.05) is 25.0 Å². The van der Waals surface area contributed by atoms with Gasteiger partial charge < -0.3 is 20.7 Å². The number of benzene rings is 1. The molecule has 1 aromatic rings. The zero-order valence-corrected chi connectivity index (χ0v) is 13.2. The van der Waals surface area contributed by atoms with Gasteiger partial charge in [0.1, 0.15) is 5.75 Å². The minimum absolute atomic E-state index is 0. The van der Waals surface area contributed by atoms with Crippen LogP contribution < -0.4 is 20.7 Å². The SMILES string of the molecule is CC1(NC(=O)c2ccc3c(c2)NC(=O)CO3)CCNCC1.Cl. The molecule has 0 unspecified atom stereocenters. The van der Waals surface area contributed by atoms with E-state index in [-0.39, 0.29) is 36.4 Å². The first kappa shape index (κ1) is 16.6. The lowest BCUT2D eigenvalue weighted by Crippen LogP contribution is -2.52. The quantitative estimate of drug-likeness (QED) is 0.766. The number of hydrogen-bond donors (Lipinski definition) is 3. The number of halogens is 1. The molecule has 0 aromatic heterocycles. The summed E-state index contributed by atoms with van der Waals surface area (Å²) in [5.41, 5.74) is 0.895. The van der Waals surface area contributed by atoms with Crippen LogP contribution in [0.3, 0.4) is 0 Å². The third-order valence-electron chi connectivity index (χ3n) is 4.00. The Labute approximate surface area is 135 Å². The third kappa shape index (κ3) is 3.51.